The van der Waals surface area contributed by atoms with Crippen LogP contribution in [0.15, 0.2) is 24.5 Å². The van der Waals surface area contributed by atoms with Crippen LogP contribution in [0.5, 0.6) is 0 Å². The van der Waals surface area contributed by atoms with Gasteiger partial charge in [-0.1, -0.05) is 13.0 Å². The van der Waals surface area contributed by atoms with Crippen LogP contribution in [0.1, 0.15) is 36.1 Å². The summed E-state index contributed by atoms with van der Waals surface area (Å²) in [6.07, 6.45) is 4.40. The summed E-state index contributed by atoms with van der Waals surface area (Å²) in [7, 11) is 0. The topological polar surface area (TPSA) is 80.5 Å². The number of hydrogen-bond acceptors (Lipinski definition) is 4. The van der Waals surface area contributed by atoms with E-state index in [0.717, 1.165) is 17.1 Å². The minimum Gasteiger partial charge on any atom is -0.326 e. The molecule has 1 saturated carbocycles. The highest BCUT2D eigenvalue weighted by Gasteiger charge is 2.36. The fraction of sp³-hybridized carbons (Fsp3) is 0.357. The maximum Gasteiger partial charge on any atom is 0.153 e. The van der Waals surface area contributed by atoms with Gasteiger partial charge in [0.1, 0.15) is 6.07 Å². The van der Waals surface area contributed by atoms with Gasteiger partial charge in [0.15, 0.2) is 5.82 Å². The molecule has 5 heteroatoms. The normalized spacial score (nSPS) is 21.1. The summed E-state index contributed by atoms with van der Waals surface area (Å²) in [4.78, 5) is 4.68. The molecule has 0 aliphatic heterocycles. The molecule has 96 valence electrons. The van der Waals surface area contributed by atoms with Crippen molar-refractivity contribution in [1.82, 2.24) is 14.8 Å². The van der Waals surface area contributed by atoms with Crippen molar-refractivity contribution < 1.29 is 0 Å². The van der Waals surface area contributed by atoms with Crippen molar-refractivity contribution >= 4 is 0 Å². The molecule has 3 rings (SSSR count). The van der Waals surface area contributed by atoms with Gasteiger partial charge in [-0.25, -0.2) is 9.67 Å². The van der Waals surface area contributed by atoms with E-state index in [1.54, 1.807) is 10.9 Å². The van der Waals surface area contributed by atoms with E-state index in [4.69, 9.17) is 11.0 Å². The summed E-state index contributed by atoms with van der Waals surface area (Å²) >= 11 is 0. The molecule has 2 N–H and O–H groups in total. The van der Waals surface area contributed by atoms with Gasteiger partial charge in [0.05, 0.1) is 23.7 Å². The molecule has 1 unspecified atom stereocenters. The first kappa shape index (κ1) is 11.9. The molecule has 0 spiro atoms. The van der Waals surface area contributed by atoms with Crippen molar-refractivity contribution in [2.75, 3.05) is 0 Å². The number of aromatic nitrogens is 3. The SMILES string of the molecule is CC1C[C@@H]1c1nc(-n2cc(C#N)cn2)ccc1CN. The quantitative estimate of drug-likeness (QED) is 0.903. The Kier molecular flexibility index (Phi) is 2.80. The summed E-state index contributed by atoms with van der Waals surface area (Å²) in [5, 5.41) is 13.0. The second-order valence-electron chi connectivity index (χ2n) is 5.02. The zero-order valence-corrected chi connectivity index (χ0v) is 10.7. The summed E-state index contributed by atoms with van der Waals surface area (Å²) in [6, 6.07) is 5.97. The molecule has 0 amide bonds. The molecule has 2 heterocycles. The molecule has 2 aromatic heterocycles. The maximum absolute atomic E-state index is 8.83. The molecule has 0 radical (unpaired) electrons. The van der Waals surface area contributed by atoms with Gasteiger partial charge in [-0.05, 0) is 24.0 Å². The van der Waals surface area contributed by atoms with E-state index >= 15 is 0 Å². The fourth-order valence-corrected chi connectivity index (χ4v) is 2.32. The molecule has 19 heavy (non-hydrogen) atoms. The average molecular weight is 253 g/mol. The van der Waals surface area contributed by atoms with Gasteiger partial charge >= 0.3 is 0 Å². The predicted octanol–water partition coefficient (Wildman–Crippen LogP) is 1.72. The molecule has 1 aliphatic rings. The van der Waals surface area contributed by atoms with Crippen LogP contribution in [0.4, 0.5) is 0 Å². The first-order valence-electron chi connectivity index (χ1n) is 6.38. The lowest BCUT2D eigenvalue weighted by Crippen LogP contribution is -2.07. The van der Waals surface area contributed by atoms with Gasteiger partial charge in [-0.2, -0.15) is 10.4 Å². The van der Waals surface area contributed by atoms with E-state index in [0.29, 0.717) is 23.9 Å². The van der Waals surface area contributed by atoms with Gasteiger partial charge in [0, 0.05) is 12.5 Å². The Labute approximate surface area is 111 Å². The number of nitrogens with two attached hydrogens (primary N) is 1. The Morgan fingerprint density at radius 1 is 1.53 bits per heavy atom. The third kappa shape index (κ3) is 2.11. The molecule has 1 aliphatic carbocycles. The van der Waals surface area contributed by atoms with Gasteiger partial charge in [-0.3, -0.25) is 0 Å². The van der Waals surface area contributed by atoms with Crippen molar-refractivity contribution in [2.24, 2.45) is 11.7 Å². The Morgan fingerprint density at radius 2 is 2.32 bits per heavy atom. The first-order chi connectivity index (χ1) is 9.22. The summed E-state index contributed by atoms with van der Waals surface area (Å²) in [6.45, 7) is 2.73. The number of hydrogen-bond donors (Lipinski definition) is 1. The highest BCUT2D eigenvalue weighted by molar-refractivity contribution is 5.36. The molecule has 2 atom stereocenters. The average Bonchev–Trinajstić information content (AvgIpc) is 2.99. The summed E-state index contributed by atoms with van der Waals surface area (Å²) < 4.78 is 1.63. The Hall–Kier alpha value is -2.19. The predicted molar refractivity (Wildman–Crippen MR) is 70.5 cm³/mol. The van der Waals surface area contributed by atoms with Crippen LogP contribution in [-0.4, -0.2) is 14.8 Å². The van der Waals surface area contributed by atoms with Crippen LogP contribution in [0, 0.1) is 17.2 Å². The molecule has 1 fully saturated rings. The molecule has 0 bridgehead atoms. The number of rotatable bonds is 3. The van der Waals surface area contributed by atoms with Crippen LogP contribution in [0.2, 0.25) is 0 Å². The summed E-state index contributed by atoms with van der Waals surface area (Å²) in [5.74, 6) is 1.94. The van der Waals surface area contributed by atoms with Crippen LogP contribution >= 0.6 is 0 Å². The van der Waals surface area contributed by atoms with Crippen molar-refractivity contribution in [3.05, 3.63) is 41.3 Å². The first-order valence-corrected chi connectivity index (χ1v) is 6.38. The monoisotopic (exact) mass is 253 g/mol. The molecule has 0 aromatic carbocycles. The van der Waals surface area contributed by atoms with Crippen molar-refractivity contribution in [3.63, 3.8) is 0 Å². The number of nitrogens with zero attached hydrogens (tertiary/aromatic N) is 4. The van der Waals surface area contributed by atoms with Crippen LogP contribution in [0.3, 0.4) is 0 Å². The highest BCUT2D eigenvalue weighted by atomic mass is 15.3. The van der Waals surface area contributed by atoms with Crippen LogP contribution < -0.4 is 5.73 Å². The third-order valence-corrected chi connectivity index (χ3v) is 3.62. The van der Waals surface area contributed by atoms with Gasteiger partial charge in [0.2, 0.25) is 0 Å². The van der Waals surface area contributed by atoms with Gasteiger partial charge in [0.25, 0.3) is 0 Å². The smallest absolute Gasteiger partial charge is 0.153 e. The van der Waals surface area contributed by atoms with E-state index < -0.39 is 0 Å². The molecular formula is C14H15N5. The molecule has 5 nitrogen and oxygen atoms in total. The second-order valence-corrected chi connectivity index (χ2v) is 5.02. The Morgan fingerprint density at radius 3 is 2.89 bits per heavy atom. The minimum atomic E-state index is 0.508. The third-order valence-electron chi connectivity index (χ3n) is 3.62. The number of pyridine rings is 1. The fourth-order valence-electron chi connectivity index (χ4n) is 2.32. The molecular weight excluding hydrogens is 238 g/mol. The molecule has 0 saturated heterocycles. The van der Waals surface area contributed by atoms with Gasteiger partial charge in [-0.15, -0.1) is 0 Å². The van der Waals surface area contributed by atoms with Crippen molar-refractivity contribution in [2.45, 2.75) is 25.8 Å². The van der Waals surface area contributed by atoms with Crippen molar-refractivity contribution in [1.29, 1.82) is 5.26 Å². The maximum atomic E-state index is 8.83. The highest BCUT2D eigenvalue weighted by Crippen LogP contribution is 2.47. The van der Waals surface area contributed by atoms with E-state index in [1.165, 1.54) is 12.6 Å². The Bertz CT molecular complexity index is 652. The van der Waals surface area contributed by atoms with Gasteiger partial charge < -0.3 is 5.73 Å². The lowest BCUT2D eigenvalue weighted by Gasteiger charge is -2.09. The largest absolute Gasteiger partial charge is 0.326 e. The van der Waals surface area contributed by atoms with E-state index in [1.807, 2.05) is 12.1 Å². The zero-order chi connectivity index (χ0) is 13.4. The van der Waals surface area contributed by atoms with E-state index in [9.17, 15) is 0 Å². The lowest BCUT2D eigenvalue weighted by molar-refractivity contribution is 0.802. The van der Waals surface area contributed by atoms with Crippen LogP contribution in [-0.2, 0) is 6.54 Å². The summed E-state index contributed by atoms with van der Waals surface area (Å²) in [5.41, 5.74) is 8.49. The zero-order valence-electron chi connectivity index (χ0n) is 10.7. The van der Waals surface area contributed by atoms with E-state index in [2.05, 4.69) is 23.1 Å². The van der Waals surface area contributed by atoms with Crippen molar-refractivity contribution in [3.8, 4) is 11.9 Å². The standard InChI is InChI=1S/C14H15N5/c1-9-4-12(9)14-11(6-16)2-3-13(18-14)19-8-10(5-15)7-17-19/h2-3,7-9,12H,4,6,16H2,1H3/t9?,12-/m0/s1. The van der Waals surface area contributed by atoms with E-state index in [-0.39, 0.29) is 0 Å². The second kappa shape index (κ2) is 4.48. The van der Waals surface area contributed by atoms with Crippen LogP contribution in [0.25, 0.3) is 5.82 Å². The lowest BCUT2D eigenvalue weighted by atomic mass is 10.1. The molecule has 2 aromatic rings. The number of nitriles is 1. The Balaban J connectivity index is 2.01. The minimum absolute atomic E-state index is 0.508.